The van der Waals surface area contributed by atoms with E-state index in [9.17, 15) is 0 Å². The summed E-state index contributed by atoms with van der Waals surface area (Å²) in [5.41, 5.74) is 21.1. The van der Waals surface area contributed by atoms with Crippen molar-refractivity contribution in [3.63, 3.8) is 0 Å². The summed E-state index contributed by atoms with van der Waals surface area (Å²) in [6.45, 7) is 4.83. The highest BCUT2D eigenvalue weighted by molar-refractivity contribution is 7.24. The van der Waals surface area contributed by atoms with Gasteiger partial charge in [-0.3, -0.25) is 0 Å². The van der Waals surface area contributed by atoms with E-state index in [1.54, 1.807) is 0 Å². The van der Waals surface area contributed by atoms with E-state index in [0.29, 0.717) is 0 Å². The van der Waals surface area contributed by atoms with Gasteiger partial charge in [-0.1, -0.05) is 214 Å². The summed E-state index contributed by atoms with van der Waals surface area (Å²) in [6.07, 6.45) is 0. The van der Waals surface area contributed by atoms with Crippen molar-refractivity contribution in [2.45, 2.75) is 24.7 Å². The van der Waals surface area contributed by atoms with Gasteiger partial charge in [0.25, 0.3) is 0 Å². The first-order valence-corrected chi connectivity index (χ1v) is 25.3. The zero-order chi connectivity index (χ0) is 43.8. The van der Waals surface area contributed by atoms with Gasteiger partial charge in [0.2, 0.25) is 0 Å². The van der Waals surface area contributed by atoms with Gasteiger partial charge < -0.3 is 4.90 Å². The van der Waals surface area contributed by atoms with Crippen molar-refractivity contribution in [1.82, 2.24) is 0 Å². The van der Waals surface area contributed by atoms with Crippen molar-refractivity contribution in [1.29, 1.82) is 0 Å². The Labute approximate surface area is 388 Å². The van der Waals surface area contributed by atoms with Crippen LogP contribution < -0.4 is 25.6 Å². The summed E-state index contributed by atoms with van der Waals surface area (Å²) < 4.78 is 0. The summed E-state index contributed by atoms with van der Waals surface area (Å²) in [5.74, 6) is 0. The molecule has 0 saturated carbocycles. The molecule has 0 amide bonds. The molecule has 0 bridgehead atoms. The third-order valence-electron chi connectivity index (χ3n) is 15.7. The molecule has 3 heterocycles. The Kier molecular flexibility index (Phi) is 7.76. The lowest BCUT2D eigenvalue weighted by atomic mass is 9.53. The molecule has 0 radical (unpaired) electrons. The number of nitrogens with zero attached hydrogens (tertiary/aromatic N) is 1. The minimum atomic E-state index is -2.71. The fourth-order valence-corrected chi connectivity index (χ4v) is 18.7. The van der Waals surface area contributed by atoms with Gasteiger partial charge in [0, 0.05) is 11.1 Å². The standard InChI is InChI=1S/C64H45NSi/c1-63(2)51-26-12-14-28-53(51)64(54-29-15-13-27-52(54)63)55-39-44(42-19-5-3-6-20-42)33-37-57(55)65(58-38-34-45(40-56(58)64)43-21-7-4-8-22-43)46-35-36-50-49-25-11-18-32-61(49)66(62(50)41-46)59-30-16-9-23-47(59)48-24-10-17-31-60(48)66/h3-41H,1-2H3. The molecular formula is C64H45NSi. The molecule has 0 atom stereocenters. The highest BCUT2D eigenvalue weighted by atomic mass is 28.3. The first-order chi connectivity index (χ1) is 32.5. The summed E-state index contributed by atoms with van der Waals surface area (Å²) in [4.78, 5) is 2.61. The van der Waals surface area contributed by atoms with Crippen LogP contribution in [-0.2, 0) is 10.8 Å². The molecule has 0 fully saturated rings. The highest BCUT2D eigenvalue weighted by Crippen LogP contribution is 2.63. The molecule has 1 nitrogen and oxygen atoms in total. The van der Waals surface area contributed by atoms with Gasteiger partial charge in [0.15, 0.2) is 8.07 Å². The van der Waals surface area contributed by atoms with E-state index >= 15 is 0 Å². The summed E-state index contributed by atoms with van der Waals surface area (Å²) >= 11 is 0. The van der Waals surface area contributed by atoms with Gasteiger partial charge in [-0.05, 0) is 135 Å². The number of hydrogen-bond acceptors (Lipinski definition) is 1. The Hall–Kier alpha value is -7.78. The Morgan fingerprint density at radius 1 is 0.303 bits per heavy atom. The predicted molar refractivity (Wildman–Crippen MR) is 278 cm³/mol. The van der Waals surface area contributed by atoms with Gasteiger partial charge in [-0.25, -0.2) is 0 Å². The molecule has 10 aromatic carbocycles. The lowest BCUT2D eigenvalue weighted by Crippen LogP contribution is -2.70. The van der Waals surface area contributed by atoms with Crippen LogP contribution in [0.4, 0.5) is 17.1 Å². The maximum Gasteiger partial charge on any atom is 0.182 e. The van der Waals surface area contributed by atoms with Crippen molar-refractivity contribution in [2.24, 2.45) is 0 Å². The minimum absolute atomic E-state index is 0.216. The molecule has 3 aliphatic heterocycles. The molecule has 10 aromatic rings. The molecule has 66 heavy (non-hydrogen) atoms. The average molecular weight is 856 g/mol. The normalized spacial score (nSPS) is 15.5. The molecule has 14 rings (SSSR count). The van der Waals surface area contributed by atoms with Gasteiger partial charge in [0.05, 0.1) is 16.8 Å². The Balaban J connectivity index is 1.11. The second-order valence-electron chi connectivity index (χ2n) is 19.1. The number of hydrogen-bond donors (Lipinski definition) is 0. The summed E-state index contributed by atoms with van der Waals surface area (Å²) in [6, 6.07) is 90.4. The van der Waals surface area contributed by atoms with Crippen LogP contribution in [-0.4, -0.2) is 8.07 Å². The van der Waals surface area contributed by atoms with Crippen molar-refractivity contribution >= 4 is 45.9 Å². The van der Waals surface area contributed by atoms with Crippen LogP contribution in [0.1, 0.15) is 47.2 Å². The van der Waals surface area contributed by atoms with Crippen LogP contribution in [0.15, 0.2) is 237 Å². The van der Waals surface area contributed by atoms with Crippen LogP contribution in [0.3, 0.4) is 0 Å². The fourth-order valence-electron chi connectivity index (χ4n) is 13.0. The summed E-state index contributed by atoms with van der Waals surface area (Å²) in [7, 11) is -2.71. The second-order valence-corrected chi connectivity index (χ2v) is 22.8. The van der Waals surface area contributed by atoms with E-state index in [-0.39, 0.29) is 5.41 Å². The number of anilines is 3. The number of fused-ring (bicyclic) bond motifs is 18. The van der Waals surface area contributed by atoms with E-state index in [0.717, 1.165) is 0 Å². The van der Waals surface area contributed by atoms with Crippen molar-refractivity contribution < 1.29 is 0 Å². The molecule has 0 aromatic heterocycles. The van der Waals surface area contributed by atoms with Crippen molar-refractivity contribution in [2.75, 3.05) is 4.90 Å². The van der Waals surface area contributed by atoms with E-state index in [1.807, 2.05) is 0 Å². The van der Waals surface area contributed by atoms with Crippen LogP contribution in [0.2, 0.25) is 0 Å². The van der Waals surface area contributed by atoms with E-state index in [4.69, 9.17) is 0 Å². The quantitative estimate of drug-likeness (QED) is 0.160. The number of benzene rings is 10. The first-order valence-electron chi connectivity index (χ1n) is 23.3. The fraction of sp³-hybridized carbons (Fsp3) is 0.0625. The Bertz CT molecular complexity index is 3430. The maximum absolute atomic E-state index is 2.71. The van der Waals surface area contributed by atoms with Crippen LogP contribution in [0.25, 0.3) is 44.5 Å². The maximum atomic E-state index is 2.61. The topological polar surface area (TPSA) is 3.24 Å². The molecule has 0 saturated heterocycles. The van der Waals surface area contributed by atoms with E-state index in [2.05, 4.69) is 255 Å². The summed E-state index contributed by atoms with van der Waals surface area (Å²) in [5, 5.41) is 5.95. The Morgan fingerprint density at radius 2 is 0.697 bits per heavy atom. The molecule has 0 unspecified atom stereocenters. The van der Waals surface area contributed by atoms with E-state index < -0.39 is 13.5 Å². The molecule has 0 N–H and O–H groups in total. The zero-order valence-corrected chi connectivity index (χ0v) is 38.0. The lowest BCUT2D eigenvalue weighted by Gasteiger charge is -2.52. The van der Waals surface area contributed by atoms with Gasteiger partial charge in [0.1, 0.15) is 0 Å². The van der Waals surface area contributed by atoms with E-state index in [1.165, 1.54) is 116 Å². The second kappa shape index (κ2) is 13.6. The van der Waals surface area contributed by atoms with Crippen molar-refractivity contribution in [3.8, 4) is 44.5 Å². The van der Waals surface area contributed by atoms with Crippen LogP contribution >= 0.6 is 0 Å². The molecular weight excluding hydrogens is 811 g/mol. The minimum Gasteiger partial charge on any atom is -0.310 e. The van der Waals surface area contributed by atoms with Gasteiger partial charge in [-0.2, -0.15) is 0 Å². The molecule has 1 aliphatic carbocycles. The Morgan fingerprint density at radius 3 is 1.17 bits per heavy atom. The third-order valence-corrected chi connectivity index (χ3v) is 20.7. The molecule has 310 valence electrons. The third kappa shape index (κ3) is 4.74. The van der Waals surface area contributed by atoms with Crippen LogP contribution in [0, 0.1) is 0 Å². The molecule has 2 heteroatoms. The van der Waals surface area contributed by atoms with Crippen LogP contribution in [0.5, 0.6) is 0 Å². The smallest absolute Gasteiger partial charge is 0.182 e. The SMILES string of the molecule is CC1(C)c2ccccc2C2(c3cc(-c4ccccc4)ccc3N(c3ccc4c(c3)[Si]3(c5ccccc5-c5ccccc53)c3ccccc3-4)c3ccc(-c4ccccc4)cc32)c2ccccc21. The highest BCUT2D eigenvalue weighted by Gasteiger charge is 2.56. The molecule has 2 spiro atoms. The van der Waals surface area contributed by atoms with Crippen molar-refractivity contribution in [3.05, 3.63) is 270 Å². The first kappa shape index (κ1) is 37.6. The lowest BCUT2D eigenvalue weighted by molar-refractivity contribution is 0.556. The van der Waals surface area contributed by atoms with Gasteiger partial charge >= 0.3 is 0 Å². The largest absolute Gasteiger partial charge is 0.310 e. The number of rotatable bonds is 3. The van der Waals surface area contributed by atoms with Gasteiger partial charge in [-0.15, -0.1) is 0 Å². The zero-order valence-electron chi connectivity index (χ0n) is 37.0. The average Bonchev–Trinajstić information content (AvgIpc) is 3.85. The monoisotopic (exact) mass is 855 g/mol. The predicted octanol–water partition coefficient (Wildman–Crippen LogP) is 13.2. The molecule has 4 aliphatic rings.